The third kappa shape index (κ3) is 1.22. The molecule has 0 unspecified atom stereocenters. The van der Waals surface area contributed by atoms with Crippen molar-refractivity contribution in [2.75, 3.05) is 0 Å². The number of H-pyrrole nitrogens is 1. The van der Waals surface area contributed by atoms with Crippen LogP contribution in [0.2, 0.25) is 0 Å². The van der Waals surface area contributed by atoms with Gasteiger partial charge in [-0.05, 0) is 0 Å². The zero-order chi connectivity index (χ0) is 11.9. The van der Waals surface area contributed by atoms with Crippen molar-refractivity contribution in [2.45, 2.75) is 0 Å². The Morgan fingerprint density at radius 3 is 2.69 bits per heavy atom. The number of carboxylic acids is 1. The lowest BCUT2D eigenvalue weighted by atomic mass is 10.4. The monoisotopic (exact) mass is 223 g/mol. The lowest BCUT2D eigenvalue weighted by Gasteiger charge is -1.96. The van der Waals surface area contributed by atoms with Gasteiger partial charge in [0.1, 0.15) is 6.33 Å². The molecule has 0 fully saturated rings. The van der Waals surface area contributed by atoms with Crippen molar-refractivity contribution in [1.29, 1.82) is 0 Å². The first-order valence-corrected chi connectivity index (χ1v) is 4.01. The van der Waals surface area contributed by atoms with Crippen LogP contribution in [0.3, 0.4) is 0 Å². The van der Waals surface area contributed by atoms with E-state index in [-0.39, 0.29) is 11.3 Å². The normalized spacial score (nSPS) is 10.5. The zero-order valence-electron chi connectivity index (χ0n) is 7.67. The highest BCUT2D eigenvalue weighted by Gasteiger charge is 2.17. The van der Waals surface area contributed by atoms with Crippen LogP contribution in [0.15, 0.2) is 11.1 Å². The molecule has 0 bridgehead atoms. The topological polar surface area (TPSA) is 143 Å². The Morgan fingerprint density at radius 2 is 2.12 bits per heavy atom. The summed E-state index contributed by atoms with van der Waals surface area (Å²) in [6.45, 7) is 0. The third-order valence-electron chi connectivity index (χ3n) is 1.90. The minimum Gasteiger partial charge on any atom is -0.476 e. The fourth-order valence-corrected chi connectivity index (χ4v) is 1.20. The Kier molecular flexibility index (Phi) is 1.94. The molecule has 2 aromatic rings. The van der Waals surface area contributed by atoms with E-state index in [4.69, 9.17) is 10.8 Å². The van der Waals surface area contributed by atoms with Gasteiger partial charge in [-0.1, -0.05) is 0 Å². The smallest absolute Gasteiger partial charge is 0.362 e. The number of primary amides is 1. The third-order valence-corrected chi connectivity index (χ3v) is 1.90. The average molecular weight is 223 g/mol. The first-order valence-electron chi connectivity index (χ1n) is 4.01. The van der Waals surface area contributed by atoms with Crippen molar-refractivity contribution >= 4 is 17.5 Å². The van der Waals surface area contributed by atoms with Crippen LogP contribution in [0, 0.1) is 0 Å². The number of aromatic amines is 1. The SMILES string of the molecule is NC(=O)c1ncn2c(=O)c(C(=O)O)n[nH]c12. The molecule has 9 nitrogen and oxygen atoms in total. The molecule has 0 aliphatic heterocycles. The summed E-state index contributed by atoms with van der Waals surface area (Å²) in [5.74, 6) is -2.32. The molecule has 4 N–H and O–H groups in total. The van der Waals surface area contributed by atoms with Crippen molar-refractivity contribution in [1.82, 2.24) is 19.6 Å². The molecule has 0 aliphatic rings. The summed E-state index contributed by atoms with van der Waals surface area (Å²) in [5.41, 5.74) is 3.19. The highest BCUT2D eigenvalue weighted by molar-refractivity contribution is 5.96. The molecule has 16 heavy (non-hydrogen) atoms. The van der Waals surface area contributed by atoms with E-state index in [1.54, 1.807) is 0 Å². The minimum absolute atomic E-state index is 0.0394. The summed E-state index contributed by atoms with van der Waals surface area (Å²) >= 11 is 0. The van der Waals surface area contributed by atoms with E-state index < -0.39 is 23.1 Å². The van der Waals surface area contributed by atoms with Gasteiger partial charge in [0.2, 0.25) is 5.69 Å². The molecule has 82 valence electrons. The molecule has 0 saturated carbocycles. The van der Waals surface area contributed by atoms with Crippen molar-refractivity contribution < 1.29 is 14.7 Å². The number of fused-ring (bicyclic) bond motifs is 1. The number of imidazole rings is 1. The Morgan fingerprint density at radius 1 is 1.44 bits per heavy atom. The van der Waals surface area contributed by atoms with Gasteiger partial charge in [-0.2, -0.15) is 5.10 Å². The zero-order valence-corrected chi connectivity index (χ0v) is 7.67. The molecule has 0 radical (unpaired) electrons. The van der Waals surface area contributed by atoms with Crippen LogP contribution in [-0.2, 0) is 0 Å². The van der Waals surface area contributed by atoms with Gasteiger partial charge in [0, 0.05) is 0 Å². The Balaban J connectivity index is 2.84. The van der Waals surface area contributed by atoms with Crippen molar-refractivity contribution in [3.05, 3.63) is 28.1 Å². The van der Waals surface area contributed by atoms with Crippen LogP contribution in [0.5, 0.6) is 0 Å². The lowest BCUT2D eigenvalue weighted by Crippen LogP contribution is -2.25. The van der Waals surface area contributed by atoms with Crippen LogP contribution in [-0.4, -0.2) is 36.6 Å². The van der Waals surface area contributed by atoms with Crippen LogP contribution >= 0.6 is 0 Å². The van der Waals surface area contributed by atoms with E-state index in [1.165, 1.54) is 0 Å². The molecule has 9 heteroatoms. The van der Waals surface area contributed by atoms with E-state index in [0.717, 1.165) is 10.7 Å². The number of carboxylic acid groups (broad SMARTS) is 1. The van der Waals surface area contributed by atoms with Crippen molar-refractivity contribution in [2.24, 2.45) is 5.73 Å². The second-order valence-electron chi connectivity index (χ2n) is 2.86. The molecule has 0 aliphatic carbocycles. The summed E-state index contributed by atoms with van der Waals surface area (Å²) in [5, 5.41) is 14.2. The van der Waals surface area contributed by atoms with E-state index in [0.29, 0.717) is 0 Å². The number of aromatic nitrogens is 4. The standard InChI is InChI=1S/C7H5N5O4/c8-4(13)2-5-11-10-3(7(15)16)6(14)12(5)1-9-2/h1,11H,(H2,8,13)(H,15,16). The maximum Gasteiger partial charge on any atom is 0.362 e. The summed E-state index contributed by atoms with van der Waals surface area (Å²) in [6.07, 6.45) is 1.00. The fraction of sp³-hybridized carbons (Fsp3) is 0. The van der Waals surface area contributed by atoms with Crippen LogP contribution in [0.4, 0.5) is 0 Å². The summed E-state index contributed by atoms with van der Waals surface area (Å²) in [6, 6.07) is 0. The van der Waals surface area contributed by atoms with E-state index in [2.05, 4.69) is 15.2 Å². The van der Waals surface area contributed by atoms with Gasteiger partial charge in [0.15, 0.2) is 11.3 Å². The van der Waals surface area contributed by atoms with Gasteiger partial charge < -0.3 is 10.8 Å². The van der Waals surface area contributed by atoms with Gasteiger partial charge in [0.05, 0.1) is 0 Å². The van der Waals surface area contributed by atoms with Gasteiger partial charge in [-0.3, -0.25) is 14.7 Å². The second kappa shape index (κ2) is 3.15. The molecule has 0 aromatic carbocycles. The molecule has 2 heterocycles. The highest BCUT2D eigenvalue weighted by atomic mass is 16.4. The van der Waals surface area contributed by atoms with Crippen LogP contribution in [0.25, 0.3) is 5.65 Å². The molecule has 0 spiro atoms. The Hall–Kier alpha value is -2.71. The van der Waals surface area contributed by atoms with E-state index >= 15 is 0 Å². The molecule has 2 aromatic heterocycles. The molecule has 0 atom stereocenters. The number of hydrogen-bond donors (Lipinski definition) is 3. The van der Waals surface area contributed by atoms with Crippen LogP contribution in [0.1, 0.15) is 21.0 Å². The average Bonchev–Trinajstić information content (AvgIpc) is 2.61. The maximum absolute atomic E-state index is 11.5. The number of carbonyl (C=O) groups excluding carboxylic acids is 1. The first-order chi connectivity index (χ1) is 7.52. The maximum atomic E-state index is 11.5. The van der Waals surface area contributed by atoms with Gasteiger partial charge in [-0.25, -0.2) is 14.2 Å². The Labute approximate surface area is 86.5 Å². The summed E-state index contributed by atoms with van der Waals surface area (Å²) in [7, 11) is 0. The molecule has 1 amide bonds. The number of nitrogens with zero attached hydrogens (tertiary/aromatic N) is 3. The predicted molar refractivity (Wildman–Crippen MR) is 49.1 cm³/mol. The van der Waals surface area contributed by atoms with Crippen LogP contribution < -0.4 is 11.3 Å². The summed E-state index contributed by atoms with van der Waals surface area (Å²) < 4.78 is 0.858. The first kappa shape index (κ1) is 9.83. The number of rotatable bonds is 2. The van der Waals surface area contributed by atoms with Crippen molar-refractivity contribution in [3.63, 3.8) is 0 Å². The van der Waals surface area contributed by atoms with Gasteiger partial charge >= 0.3 is 5.97 Å². The Bertz CT molecular complexity index is 654. The van der Waals surface area contributed by atoms with E-state index in [9.17, 15) is 14.4 Å². The predicted octanol–water partition coefficient (Wildman–Crippen LogP) is -1.79. The van der Waals surface area contributed by atoms with E-state index in [1.807, 2.05) is 0 Å². The van der Waals surface area contributed by atoms with Crippen molar-refractivity contribution in [3.8, 4) is 0 Å². The lowest BCUT2D eigenvalue weighted by molar-refractivity contribution is 0.0686. The number of amides is 1. The number of carbonyl (C=O) groups is 2. The molecular weight excluding hydrogens is 218 g/mol. The highest BCUT2D eigenvalue weighted by Crippen LogP contribution is 2.01. The number of nitrogens with two attached hydrogens (primary N) is 1. The largest absolute Gasteiger partial charge is 0.476 e. The number of hydrogen-bond acceptors (Lipinski definition) is 5. The molecular formula is C7H5N5O4. The quantitative estimate of drug-likeness (QED) is 0.548. The number of nitrogens with one attached hydrogen (secondary N) is 1. The fourth-order valence-electron chi connectivity index (χ4n) is 1.20. The number of aromatic carboxylic acids is 1. The second-order valence-corrected chi connectivity index (χ2v) is 2.86. The van der Waals surface area contributed by atoms with Gasteiger partial charge in [-0.15, -0.1) is 0 Å². The van der Waals surface area contributed by atoms with Gasteiger partial charge in [0.25, 0.3) is 11.5 Å². The molecule has 2 rings (SSSR count). The summed E-state index contributed by atoms with van der Waals surface area (Å²) in [4.78, 5) is 36.6. The minimum atomic E-state index is -1.47. The molecule has 0 saturated heterocycles.